The summed E-state index contributed by atoms with van der Waals surface area (Å²) in [4.78, 5) is 16.5. The van der Waals surface area contributed by atoms with Crippen molar-refractivity contribution >= 4 is 6.09 Å². The van der Waals surface area contributed by atoms with E-state index in [2.05, 4.69) is 9.72 Å². The van der Waals surface area contributed by atoms with Gasteiger partial charge in [0.15, 0.2) is 11.6 Å². The SMILES string of the molecule is COC(=O)N1CCc2c(F)ccc(-c3c(F)cncc3F)c2C1. The number of carbonyl (C=O) groups excluding carboxylic acids is 1. The van der Waals surface area contributed by atoms with Crippen molar-refractivity contribution in [3.63, 3.8) is 0 Å². The first-order valence-corrected chi connectivity index (χ1v) is 6.95. The predicted molar refractivity (Wildman–Crippen MR) is 76.1 cm³/mol. The molecule has 1 amide bonds. The molecular weight excluding hydrogens is 309 g/mol. The molecule has 0 unspecified atom stereocenters. The van der Waals surface area contributed by atoms with Crippen LogP contribution in [0.2, 0.25) is 0 Å². The third-order valence-electron chi connectivity index (χ3n) is 3.91. The highest BCUT2D eigenvalue weighted by molar-refractivity contribution is 5.73. The average molecular weight is 322 g/mol. The van der Waals surface area contributed by atoms with Crippen LogP contribution >= 0.6 is 0 Å². The first-order chi connectivity index (χ1) is 11.0. The number of rotatable bonds is 1. The lowest BCUT2D eigenvalue weighted by molar-refractivity contribution is 0.118. The zero-order chi connectivity index (χ0) is 16.6. The number of hydrogen-bond acceptors (Lipinski definition) is 3. The van der Waals surface area contributed by atoms with Gasteiger partial charge in [0.1, 0.15) is 5.82 Å². The van der Waals surface area contributed by atoms with Gasteiger partial charge in [0.25, 0.3) is 0 Å². The summed E-state index contributed by atoms with van der Waals surface area (Å²) in [5, 5.41) is 0. The third kappa shape index (κ3) is 2.62. The van der Waals surface area contributed by atoms with E-state index in [0.717, 1.165) is 12.4 Å². The zero-order valence-electron chi connectivity index (χ0n) is 12.3. The molecular formula is C16H13F3N2O2. The number of methoxy groups -OCH3 is 1. The van der Waals surface area contributed by atoms with E-state index in [1.807, 2.05) is 0 Å². The van der Waals surface area contributed by atoms with Crippen LogP contribution in [-0.2, 0) is 17.7 Å². The first-order valence-electron chi connectivity index (χ1n) is 6.95. The first kappa shape index (κ1) is 15.3. The normalized spacial score (nSPS) is 13.7. The van der Waals surface area contributed by atoms with Gasteiger partial charge in [0, 0.05) is 13.1 Å². The van der Waals surface area contributed by atoms with Crippen molar-refractivity contribution in [3.05, 3.63) is 53.1 Å². The molecule has 3 rings (SSSR count). The van der Waals surface area contributed by atoms with Crippen molar-refractivity contribution in [1.29, 1.82) is 0 Å². The van der Waals surface area contributed by atoms with E-state index in [0.29, 0.717) is 11.1 Å². The Kier molecular flexibility index (Phi) is 3.94. The molecule has 120 valence electrons. The van der Waals surface area contributed by atoms with E-state index in [4.69, 9.17) is 0 Å². The fraction of sp³-hybridized carbons (Fsp3) is 0.250. The van der Waals surface area contributed by atoms with E-state index in [9.17, 15) is 18.0 Å². The molecule has 0 atom stereocenters. The Bertz CT molecular complexity index is 760. The summed E-state index contributed by atoms with van der Waals surface area (Å²) in [5.41, 5.74) is 0.680. The molecule has 0 bridgehead atoms. The van der Waals surface area contributed by atoms with Gasteiger partial charge in [-0.05, 0) is 29.2 Å². The molecule has 0 spiro atoms. The Balaban J connectivity index is 2.16. The standard InChI is InChI=1S/C16H13F3N2O2/c1-23-16(22)21-5-4-9-11(8-21)10(2-3-12(9)17)15-13(18)6-20-7-14(15)19/h2-3,6-7H,4-5,8H2,1H3. The van der Waals surface area contributed by atoms with Crippen LogP contribution in [0.3, 0.4) is 0 Å². The number of benzene rings is 1. The number of nitrogens with zero attached hydrogens (tertiary/aromatic N) is 2. The Labute approximate surface area is 130 Å². The summed E-state index contributed by atoms with van der Waals surface area (Å²) in [7, 11) is 1.24. The maximum Gasteiger partial charge on any atom is 0.409 e. The van der Waals surface area contributed by atoms with Crippen molar-refractivity contribution in [2.24, 2.45) is 0 Å². The van der Waals surface area contributed by atoms with E-state index in [-0.39, 0.29) is 30.6 Å². The van der Waals surface area contributed by atoms with E-state index in [1.54, 1.807) is 0 Å². The van der Waals surface area contributed by atoms with Crippen molar-refractivity contribution < 1.29 is 22.7 Å². The molecule has 1 aromatic carbocycles. The minimum Gasteiger partial charge on any atom is -0.453 e. The topological polar surface area (TPSA) is 42.4 Å². The molecule has 2 heterocycles. The lowest BCUT2D eigenvalue weighted by Crippen LogP contribution is -2.36. The second kappa shape index (κ2) is 5.91. The van der Waals surface area contributed by atoms with Gasteiger partial charge in [0.2, 0.25) is 0 Å². The van der Waals surface area contributed by atoms with Crippen LogP contribution in [-0.4, -0.2) is 29.6 Å². The van der Waals surface area contributed by atoms with Gasteiger partial charge in [-0.1, -0.05) is 6.07 Å². The van der Waals surface area contributed by atoms with E-state index in [1.165, 1.54) is 24.1 Å². The highest BCUT2D eigenvalue weighted by atomic mass is 19.1. The number of ether oxygens (including phenoxy) is 1. The predicted octanol–water partition coefficient (Wildman–Crippen LogP) is 3.29. The monoisotopic (exact) mass is 322 g/mol. The molecule has 0 radical (unpaired) electrons. The summed E-state index contributed by atoms with van der Waals surface area (Å²) < 4.78 is 46.8. The van der Waals surface area contributed by atoms with Gasteiger partial charge < -0.3 is 9.64 Å². The van der Waals surface area contributed by atoms with Gasteiger partial charge in [0.05, 0.1) is 25.1 Å². The second-order valence-electron chi connectivity index (χ2n) is 5.17. The molecule has 1 aliphatic heterocycles. The Morgan fingerprint density at radius 1 is 1.13 bits per heavy atom. The molecule has 0 aliphatic carbocycles. The summed E-state index contributed by atoms with van der Waals surface area (Å²) in [6.45, 7) is 0.303. The molecule has 4 nitrogen and oxygen atoms in total. The second-order valence-corrected chi connectivity index (χ2v) is 5.17. The molecule has 0 N–H and O–H groups in total. The summed E-state index contributed by atoms with van der Waals surface area (Å²) in [5.74, 6) is -2.13. The number of fused-ring (bicyclic) bond motifs is 1. The van der Waals surface area contributed by atoms with Crippen LogP contribution < -0.4 is 0 Å². The van der Waals surface area contributed by atoms with Crippen molar-refractivity contribution in [1.82, 2.24) is 9.88 Å². The summed E-state index contributed by atoms with van der Waals surface area (Å²) in [6.07, 6.45) is 1.48. The molecule has 1 aromatic heterocycles. The number of pyridine rings is 1. The quantitative estimate of drug-likeness (QED) is 0.809. The Morgan fingerprint density at radius 3 is 2.48 bits per heavy atom. The Hall–Kier alpha value is -2.57. The maximum absolute atomic E-state index is 14.0. The zero-order valence-corrected chi connectivity index (χ0v) is 12.3. The van der Waals surface area contributed by atoms with Crippen molar-refractivity contribution in [2.45, 2.75) is 13.0 Å². The van der Waals surface area contributed by atoms with Gasteiger partial charge in [-0.25, -0.2) is 18.0 Å². The molecule has 0 saturated heterocycles. The molecule has 0 fully saturated rings. The van der Waals surface area contributed by atoms with Crippen LogP contribution in [0, 0.1) is 17.5 Å². The van der Waals surface area contributed by atoms with Crippen LogP contribution in [0.4, 0.5) is 18.0 Å². The van der Waals surface area contributed by atoms with Gasteiger partial charge in [-0.2, -0.15) is 0 Å². The van der Waals surface area contributed by atoms with Crippen molar-refractivity contribution in [2.75, 3.05) is 13.7 Å². The van der Waals surface area contributed by atoms with Crippen molar-refractivity contribution in [3.8, 4) is 11.1 Å². The number of amides is 1. The van der Waals surface area contributed by atoms with E-state index < -0.39 is 23.5 Å². The Morgan fingerprint density at radius 2 is 1.83 bits per heavy atom. The maximum atomic E-state index is 14.0. The molecule has 0 saturated carbocycles. The smallest absolute Gasteiger partial charge is 0.409 e. The van der Waals surface area contributed by atoms with Gasteiger partial charge in [-0.15, -0.1) is 0 Å². The van der Waals surface area contributed by atoms with Crippen LogP contribution in [0.25, 0.3) is 11.1 Å². The van der Waals surface area contributed by atoms with Gasteiger partial charge in [-0.3, -0.25) is 4.98 Å². The highest BCUT2D eigenvalue weighted by Gasteiger charge is 2.27. The molecule has 1 aliphatic rings. The molecule has 23 heavy (non-hydrogen) atoms. The molecule has 2 aromatic rings. The number of carbonyl (C=O) groups is 1. The summed E-state index contributed by atoms with van der Waals surface area (Å²) >= 11 is 0. The molecule has 7 heteroatoms. The van der Waals surface area contributed by atoms with Gasteiger partial charge >= 0.3 is 6.09 Å². The highest BCUT2D eigenvalue weighted by Crippen LogP contribution is 2.34. The van der Waals surface area contributed by atoms with Crippen LogP contribution in [0.1, 0.15) is 11.1 Å². The fourth-order valence-corrected chi connectivity index (χ4v) is 2.82. The lowest BCUT2D eigenvalue weighted by atomic mass is 9.91. The largest absolute Gasteiger partial charge is 0.453 e. The van der Waals surface area contributed by atoms with Crippen LogP contribution in [0.5, 0.6) is 0 Å². The number of aromatic nitrogens is 1. The average Bonchev–Trinajstić information content (AvgIpc) is 2.55. The number of hydrogen-bond donors (Lipinski definition) is 0. The third-order valence-corrected chi connectivity index (χ3v) is 3.91. The minimum absolute atomic E-state index is 0.0241. The van der Waals surface area contributed by atoms with E-state index >= 15 is 0 Å². The minimum atomic E-state index is -0.839. The fourth-order valence-electron chi connectivity index (χ4n) is 2.82. The van der Waals surface area contributed by atoms with Crippen LogP contribution in [0.15, 0.2) is 24.5 Å². The lowest BCUT2D eigenvalue weighted by Gasteiger charge is -2.29. The summed E-state index contributed by atoms with van der Waals surface area (Å²) in [6, 6.07) is 2.50. The number of halogens is 3.